The number of fused-ring (bicyclic) bond motifs is 1. The number of hydrogen-bond donors (Lipinski definition) is 0. The molecule has 7 heteroatoms. The third-order valence-electron chi connectivity index (χ3n) is 5.73. The summed E-state index contributed by atoms with van der Waals surface area (Å²) < 4.78 is 26.9. The van der Waals surface area contributed by atoms with Crippen molar-refractivity contribution < 1.29 is 13.2 Å². The van der Waals surface area contributed by atoms with Crippen LogP contribution in [0.3, 0.4) is 0 Å². The van der Waals surface area contributed by atoms with Gasteiger partial charge in [-0.05, 0) is 42.4 Å². The molecule has 3 rings (SSSR count). The van der Waals surface area contributed by atoms with Crippen LogP contribution in [0, 0.1) is 11.3 Å². The molecule has 1 aliphatic rings. The second kappa shape index (κ2) is 8.09. The van der Waals surface area contributed by atoms with E-state index in [2.05, 4.69) is 25.3 Å². The highest BCUT2D eigenvalue weighted by atomic mass is 32.2. The van der Waals surface area contributed by atoms with Crippen LogP contribution < -0.4 is 0 Å². The molecule has 0 bridgehead atoms. The zero-order valence-corrected chi connectivity index (χ0v) is 19.1. The first-order chi connectivity index (χ1) is 13.5. The minimum Gasteiger partial charge on any atom is -0.343 e. The summed E-state index contributed by atoms with van der Waals surface area (Å²) in [5.41, 5.74) is 1.82. The summed E-state index contributed by atoms with van der Waals surface area (Å²) in [4.78, 5) is 18.7. The van der Waals surface area contributed by atoms with Gasteiger partial charge in [-0.15, -0.1) is 0 Å². The number of likely N-dealkylation sites (tertiary alicyclic amines) is 1. The van der Waals surface area contributed by atoms with Crippen LogP contribution >= 0.6 is 0 Å². The predicted octanol–water partition coefficient (Wildman–Crippen LogP) is 3.68. The molecule has 1 saturated heterocycles. The van der Waals surface area contributed by atoms with Gasteiger partial charge in [0, 0.05) is 33.0 Å². The second-order valence-corrected chi connectivity index (χ2v) is 11.7. The number of aromatic nitrogens is 2. The summed E-state index contributed by atoms with van der Waals surface area (Å²) in [6.45, 7) is 12.3. The number of sulfone groups is 1. The van der Waals surface area contributed by atoms with E-state index in [4.69, 9.17) is 4.98 Å². The Morgan fingerprint density at radius 3 is 2.41 bits per heavy atom. The number of carbonyl (C=O) groups excluding carboxylic acids is 1. The molecule has 6 nitrogen and oxygen atoms in total. The maximum absolute atomic E-state index is 12.3. The first kappa shape index (κ1) is 21.8. The van der Waals surface area contributed by atoms with Gasteiger partial charge in [0.15, 0.2) is 9.84 Å². The van der Waals surface area contributed by atoms with E-state index >= 15 is 0 Å². The van der Waals surface area contributed by atoms with Crippen molar-refractivity contribution in [2.75, 3.05) is 18.8 Å². The molecule has 1 fully saturated rings. The Morgan fingerprint density at radius 1 is 1.21 bits per heavy atom. The molecular formula is C22H33N3O3S. The molecule has 0 radical (unpaired) electrons. The molecule has 160 valence electrons. The molecule has 1 aliphatic heterocycles. The molecule has 29 heavy (non-hydrogen) atoms. The summed E-state index contributed by atoms with van der Waals surface area (Å²) in [5, 5.41) is 0. The van der Waals surface area contributed by atoms with E-state index < -0.39 is 9.84 Å². The van der Waals surface area contributed by atoms with E-state index in [1.165, 1.54) is 0 Å². The van der Waals surface area contributed by atoms with Crippen molar-refractivity contribution in [1.82, 2.24) is 14.5 Å². The van der Waals surface area contributed by atoms with E-state index in [1.807, 2.05) is 11.0 Å². The van der Waals surface area contributed by atoms with E-state index in [1.54, 1.807) is 26.0 Å². The fourth-order valence-corrected chi connectivity index (χ4v) is 4.92. The van der Waals surface area contributed by atoms with Crippen molar-refractivity contribution >= 4 is 26.8 Å². The summed E-state index contributed by atoms with van der Waals surface area (Å²) in [5.74, 6) is 1.73. The number of rotatable bonds is 5. The quantitative estimate of drug-likeness (QED) is 0.741. The van der Waals surface area contributed by atoms with Gasteiger partial charge in [-0.25, -0.2) is 13.4 Å². The van der Waals surface area contributed by atoms with Crippen LogP contribution in [-0.4, -0.2) is 47.6 Å². The van der Waals surface area contributed by atoms with Gasteiger partial charge in [0.2, 0.25) is 5.91 Å². The molecule has 1 aromatic heterocycles. The van der Waals surface area contributed by atoms with E-state index in [0.29, 0.717) is 10.8 Å². The zero-order valence-electron chi connectivity index (χ0n) is 18.2. The van der Waals surface area contributed by atoms with Gasteiger partial charge < -0.3 is 9.47 Å². The number of imidazole rings is 1. The van der Waals surface area contributed by atoms with Gasteiger partial charge in [-0.2, -0.15) is 0 Å². The standard InChI is InChI=1S/C22H33N3O3S/c1-6-29(27,28)18-7-8-20-19(13-18)23-21(14-22(3,4)5)25(20)15-17-9-11-24(12-10-17)16(2)26/h7-8,13,17H,6,9-12,14-15H2,1-5H3. The lowest BCUT2D eigenvalue weighted by Crippen LogP contribution is -2.38. The van der Waals surface area contributed by atoms with Crippen LogP contribution in [0.5, 0.6) is 0 Å². The van der Waals surface area contributed by atoms with Crippen molar-refractivity contribution in [2.45, 2.75) is 65.3 Å². The summed E-state index contributed by atoms with van der Waals surface area (Å²) in [6.07, 6.45) is 2.79. The third kappa shape index (κ3) is 5.00. The molecule has 1 amide bonds. The highest BCUT2D eigenvalue weighted by Crippen LogP contribution is 2.29. The molecule has 0 atom stereocenters. The van der Waals surface area contributed by atoms with Crippen molar-refractivity contribution in [3.63, 3.8) is 0 Å². The Labute approximate surface area is 174 Å². The Kier molecular flexibility index (Phi) is 6.08. The Bertz CT molecular complexity index is 994. The van der Waals surface area contributed by atoms with Crippen molar-refractivity contribution in [3.8, 4) is 0 Å². The molecule has 0 N–H and O–H groups in total. The number of hydrogen-bond acceptors (Lipinski definition) is 4. The molecule has 1 aromatic carbocycles. The van der Waals surface area contributed by atoms with E-state index in [-0.39, 0.29) is 17.1 Å². The van der Waals surface area contributed by atoms with Crippen molar-refractivity contribution in [1.29, 1.82) is 0 Å². The molecular weight excluding hydrogens is 386 g/mol. The van der Waals surface area contributed by atoms with Gasteiger partial charge in [0.1, 0.15) is 5.82 Å². The molecule has 0 unspecified atom stereocenters. The number of carbonyl (C=O) groups is 1. The SMILES string of the molecule is CCS(=O)(=O)c1ccc2c(c1)nc(CC(C)(C)C)n2CC1CCN(C(C)=O)CC1. The lowest BCUT2D eigenvalue weighted by molar-refractivity contribution is -0.130. The first-order valence-corrected chi connectivity index (χ1v) is 12.1. The number of nitrogens with zero attached hydrogens (tertiary/aromatic N) is 3. The van der Waals surface area contributed by atoms with E-state index in [0.717, 1.165) is 55.8 Å². The van der Waals surface area contributed by atoms with Crippen LogP contribution in [0.1, 0.15) is 53.3 Å². The number of piperidine rings is 1. The van der Waals surface area contributed by atoms with Crippen LogP contribution in [-0.2, 0) is 27.6 Å². The van der Waals surface area contributed by atoms with E-state index in [9.17, 15) is 13.2 Å². The number of amides is 1. The Balaban J connectivity index is 1.95. The normalized spacial score (nSPS) is 16.5. The van der Waals surface area contributed by atoms with Gasteiger partial charge in [-0.3, -0.25) is 4.79 Å². The lowest BCUT2D eigenvalue weighted by Gasteiger charge is -2.32. The average Bonchev–Trinajstić information content (AvgIpc) is 2.96. The predicted molar refractivity (Wildman–Crippen MR) is 116 cm³/mol. The topological polar surface area (TPSA) is 72.3 Å². The maximum Gasteiger partial charge on any atom is 0.219 e. The second-order valence-electron chi connectivity index (χ2n) is 9.38. The summed E-state index contributed by atoms with van der Waals surface area (Å²) in [7, 11) is -3.26. The minimum atomic E-state index is -3.26. The maximum atomic E-state index is 12.3. The average molecular weight is 420 g/mol. The largest absolute Gasteiger partial charge is 0.343 e. The minimum absolute atomic E-state index is 0.0788. The van der Waals surface area contributed by atoms with Crippen LogP contribution in [0.25, 0.3) is 11.0 Å². The molecule has 0 saturated carbocycles. The lowest BCUT2D eigenvalue weighted by atomic mass is 9.91. The van der Waals surface area contributed by atoms with Crippen LogP contribution in [0.2, 0.25) is 0 Å². The monoisotopic (exact) mass is 419 g/mol. The zero-order chi connectivity index (χ0) is 21.4. The molecule has 0 aliphatic carbocycles. The smallest absolute Gasteiger partial charge is 0.219 e. The fourth-order valence-electron chi connectivity index (χ4n) is 4.02. The fraction of sp³-hybridized carbons (Fsp3) is 0.636. The molecule has 0 spiro atoms. The van der Waals surface area contributed by atoms with Gasteiger partial charge >= 0.3 is 0 Å². The summed E-state index contributed by atoms with van der Waals surface area (Å²) >= 11 is 0. The molecule has 2 aromatic rings. The third-order valence-corrected chi connectivity index (χ3v) is 7.46. The van der Waals surface area contributed by atoms with Crippen LogP contribution in [0.4, 0.5) is 0 Å². The highest BCUT2D eigenvalue weighted by Gasteiger charge is 2.25. The Morgan fingerprint density at radius 2 is 1.86 bits per heavy atom. The van der Waals surface area contributed by atoms with Gasteiger partial charge in [-0.1, -0.05) is 27.7 Å². The summed E-state index contributed by atoms with van der Waals surface area (Å²) in [6, 6.07) is 5.33. The number of benzene rings is 1. The first-order valence-electron chi connectivity index (χ1n) is 10.5. The van der Waals surface area contributed by atoms with Gasteiger partial charge in [0.25, 0.3) is 0 Å². The van der Waals surface area contributed by atoms with Gasteiger partial charge in [0.05, 0.1) is 21.7 Å². The van der Waals surface area contributed by atoms with Crippen LogP contribution in [0.15, 0.2) is 23.1 Å². The Hall–Kier alpha value is -1.89. The molecule has 2 heterocycles. The van der Waals surface area contributed by atoms with Crippen molar-refractivity contribution in [3.05, 3.63) is 24.0 Å². The highest BCUT2D eigenvalue weighted by molar-refractivity contribution is 7.91. The van der Waals surface area contributed by atoms with Crippen molar-refractivity contribution in [2.24, 2.45) is 11.3 Å².